The van der Waals surface area contributed by atoms with Crippen LogP contribution in [0.4, 0.5) is 0 Å². The quantitative estimate of drug-likeness (QED) is 0.255. The Hall–Kier alpha value is -1.47. The van der Waals surface area contributed by atoms with E-state index in [2.05, 4.69) is 0 Å². The molecule has 1 aromatic rings. The lowest BCUT2D eigenvalue weighted by atomic mass is 10.0. The van der Waals surface area contributed by atoms with E-state index in [9.17, 15) is 9.90 Å². The summed E-state index contributed by atoms with van der Waals surface area (Å²) >= 11 is 0. The number of hydrogen-bond donors (Lipinski definition) is 2. The molecule has 6 nitrogen and oxygen atoms in total. The van der Waals surface area contributed by atoms with Crippen LogP contribution in [0.1, 0.15) is 95.3 Å². The van der Waals surface area contributed by atoms with Gasteiger partial charge in [-0.1, -0.05) is 81.7 Å². The Morgan fingerprint density at radius 2 is 1.44 bits per heavy atom. The van der Waals surface area contributed by atoms with Crippen LogP contribution in [0, 0.1) is 0 Å². The fourth-order valence-corrected chi connectivity index (χ4v) is 3.95. The summed E-state index contributed by atoms with van der Waals surface area (Å²) in [5.74, 6) is -0.178. The van der Waals surface area contributed by atoms with E-state index in [0.29, 0.717) is 19.6 Å². The van der Waals surface area contributed by atoms with Gasteiger partial charge in [0.05, 0.1) is 19.3 Å². The van der Waals surface area contributed by atoms with Crippen LogP contribution in [-0.4, -0.2) is 48.2 Å². The molecular weight excluding hydrogens is 408 g/mol. The van der Waals surface area contributed by atoms with Gasteiger partial charge >= 0.3 is 5.97 Å². The SMILES string of the molecule is O=C(CCCCCCCCC(O)CCCCCCO)OC1COC(c2ccccc2)OC1. The standard InChI is InChI=1S/C26H42O6/c27-19-13-6-5-11-17-23(28)16-10-3-1-2-4-12-18-25(29)32-24-20-30-26(31-21-24)22-14-8-7-9-15-22/h7-9,14-15,23-24,26-28H,1-6,10-13,16-21H2. The highest BCUT2D eigenvalue weighted by Gasteiger charge is 2.25. The van der Waals surface area contributed by atoms with Crippen molar-refractivity contribution in [3.05, 3.63) is 35.9 Å². The minimum absolute atomic E-state index is 0.178. The summed E-state index contributed by atoms with van der Waals surface area (Å²) in [6, 6.07) is 9.76. The molecule has 32 heavy (non-hydrogen) atoms. The van der Waals surface area contributed by atoms with E-state index in [4.69, 9.17) is 19.3 Å². The van der Waals surface area contributed by atoms with Gasteiger partial charge in [0.2, 0.25) is 0 Å². The molecular formula is C26H42O6. The van der Waals surface area contributed by atoms with Crippen molar-refractivity contribution in [3.63, 3.8) is 0 Å². The minimum atomic E-state index is -0.385. The first kappa shape index (κ1) is 26.8. The first-order valence-corrected chi connectivity index (χ1v) is 12.5. The lowest BCUT2D eigenvalue weighted by Crippen LogP contribution is -2.35. The van der Waals surface area contributed by atoms with Crippen LogP contribution < -0.4 is 0 Å². The molecule has 1 heterocycles. The van der Waals surface area contributed by atoms with Crippen molar-refractivity contribution >= 4 is 5.97 Å². The van der Waals surface area contributed by atoms with E-state index >= 15 is 0 Å². The van der Waals surface area contributed by atoms with Gasteiger partial charge in [0.25, 0.3) is 0 Å². The molecule has 0 aromatic heterocycles. The molecule has 6 heteroatoms. The second-order valence-corrected chi connectivity index (χ2v) is 8.76. The second-order valence-electron chi connectivity index (χ2n) is 8.76. The van der Waals surface area contributed by atoms with Crippen molar-refractivity contribution in [1.29, 1.82) is 0 Å². The number of aliphatic hydroxyl groups excluding tert-OH is 2. The van der Waals surface area contributed by atoms with Crippen LogP contribution in [0.15, 0.2) is 30.3 Å². The molecule has 0 bridgehead atoms. The highest BCUT2D eigenvalue weighted by Crippen LogP contribution is 2.23. The monoisotopic (exact) mass is 450 g/mol. The summed E-state index contributed by atoms with van der Waals surface area (Å²) in [4.78, 5) is 12.0. The molecule has 182 valence electrons. The van der Waals surface area contributed by atoms with E-state index in [-0.39, 0.29) is 31.1 Å². The zero-order valence-corrected chi connectivity index (χ0v) is 19.5. The minimum Gasteiger partial charge on any atom is -0.457 e. The predicted octanol–water partition coefficient (Wildman–Crippen LogP) is 5.07. The van der Waals surface area contributed by atoms with E-state index in [1.54, 1.807) is 0 Å². The van der Waals surface area contributed by atoms with Crippen LogP contribution in [0.2, 0.25) is 0 Å². The molecule has 0 amide bonds. The highest BCUT2D eigenvalue weighted by molar-refractivity contribution is 5.69. The zero-order chi connectivity index (χ0) is 22.9. The Balaban J connectivity index is 1.39. The maximum atomic E-state index is 12.0. The normalized spacial score (nSPS) is 19.6. The average molecular weight is 451 g/mol. The van der Waals surface area contributed by atoms with E-state index in [0.717, 1.165) is 82.6 Å². The van der Waals surface area contributed by atoms with E-state index in [1.165, 1.54) is 0 Å². The maximum absolute atomic E-state index is 12.0. The molecule has 2 N–H and O–H groups in total. The summed E-state index contributed by atoms with van der Waals surface area (Å²) in [5.41, 5.74) is 0.973. The zero-order valence-electron chi connectivity index (χ0n) is 19.5. The van der Waals surface area contributed by atoms with Crippen molar-refractivity contribution in [2.45, 2.75) is 102 Å². The summed E-state index contributed by atoms with van der Waals surface area (Å²) in [7, 11) is 0. The van der Waals surface area contributed by atoms with Gasteiger partial charge in [0, 0.05) is 18.6 Å². The van der Waals surface area contributed by atoms with Gasteiger partial charge in [-0.15, -0.1) is 0 Å². The maximum Gasteiger partial charge on any atom is 0.306 e. The molecule has 0 saturated carbocycles. The molecule has 1 unspecified atom stereocenters. The molecule has 0 radical (unpaired) electrons. The third-order valence-electron chi connectivity index (χ3n) is 5.85. The van der Waals surface area contributed by atoms with Gasteiger partial charge in [-0.2, -0.15) is 0 Å². The molecule has 0 spiro atoms. The number of hydrogen-bond acceptors (Lipinski definition) is 6. The van der Waals surface area contributed by atoms with Crippen molar-refractivity contribution in [3.8, 4) is 0 Å². The largest absolute Gasteiger partial charge is 0.457 e. The van der Waals surface area contributed by atoms with Crippen LogP contribution in [0.25, 0.3) is 0 Å². The molecule has 1 atom stereocenters. The van der Waals surface area contributed by atoms with E-state index in [1.807, 2.05) is 30.3 Å². The molecule has 1 aliphatic rings. The fourth-order valence-electron chi connectivity index (χ4n) is 3.95. The van der Waals surface area contributed by atoms with Gasteiger partial charge in [0.1, 0.15) is 6.10 Å². The number of esters is 1. The summed E-state index contributed by atoms with van der Waals surface area (Å²) < 4.78 is 16.8. The molecule has 1 fully saturated rings. The summed E-state index contributed by atoms with van der Waals surface area (Å²) in [6.45, 7) is 0.989. The third-order valence-corrected chi connectivity index (χ3v) is 5.85. The molecule has 1 aromatic carbocycles. The lowest BCUT2D eigenvalue weighted by Gasteiger charge is -2.29. The van der Waals surface area contributed by atoms with Crippen molar-refractivity contribution < 1.29 is 29.2 Å². The Labute approximate surface area is 193 Å². The number of benzene rings is 1. The molecule has 1 saturated heterocycles. The first-order chi connectivity index (χ1) is 15.7. The second kappa shape index (κ2) is 17.1. The smallest absolute Gasteiger partial charge is 0.306 e. The Kier molecular flexibility index (Phi) is 14.3. The molecule has 1 aliphatic heterocycles. The van der Waals surface area contributed by atoms with Crippen molar-refractivity contribution in [1.82, 2.24) is 0 Å². The Morgan fingerprint density at radius 3 is 2.06 bits per heavy atom. The molecule has 0 aliphatic carbocycles. The van der Waals surface area contributed by atoms with Gasteiger partial charge in [-0.25, -0.2) is 0 Å². The number of carbonyl (C=O) groups excluding carboxylic acids is 1. The van der Waals surface area contributed by atoms with E-state index < -0.39 is 0 Å². The van der Waals surface area contributed by atoms with Crippen LogP contribution in [0.5, 0.6) is 0 Å². The number of carbonyl (C=O) groups is 1. The lowest BCUT2D eigenvalue weighted by molar-refractivity contribution is -0.229. The van der Waals surface area contributed by atoms with Gasteiger partial charge in [-0.3, -0.25) is 4.79 Å². The van der Waals surface area contributed by atoms with Crippen LogP contribution in [0.3, 0.4) is 0 Å². The summed E-state index contributed by atoms with van der Waals surface area (Å²) in [5, 5.41) is 18.7. The number of rotatable bonds is 17. The average Bonchev–Trinajstić information content (AvgIpc) is 2.81. The van der Waals surface area contributed by atoms with Gasteiger partial charge in [0.15, 0.2) is 6.29 Å². The molecule has 2 rings (SSSR count). The van der Waals surface area contributed by atoms with Gasteiger partial charge < -0.3 is 24.4 Å². The van der Waals surface area contributed by atoms with Crippen molar-refractivity contribution in [2.75, 3.05) is 19.8 Å². The Morgan fingerprint density at radius 1 is 0.875 bits per heavy atom. The van der Waals surface area contributed by atoms with Crippen LogP contribution in [-0.2, 0) is 19.0 Å². The fraction of sp³-hybridized carbons (Fsp3) is 0.731. The third kappa shape index (κ3) is 12.0. The number of aliphatic hydroxyl groups is 2. The Bertz CT molecular complexity index is 585. The topological polar surface area (TPSA) is 85.2 Å². The van der Waals surface area contributed by atoms with Gasteiger partial charge in [-0.05, 0) is 25.7 Å². The first-order valence-electron chi connectivity index (χ1n) is 12.5. The number of ether oxygens (including phenoxy) is 3. The summed E-state index contributed by atoms with van der Waals surface area (Å²) in [6.07, 6.45) is 11.7. The van der Waals surface area contributed by atoms with Crippen molar-refractivity contribution in [2.24, 2.45) is 0 Å². The van der Waals surface area contributed by atoms with Crippen LogP contribution >= 0.6 is 0 Å². The highest BCUT2D eigenvalue weighted by atomic mass is 16.7. The number of unbranched alkanes of at least 4 members (excludes halogenated alkanes) is 8. The predicted molar refractivity (Wildman–Crippen MR) is 124 cm³/mol.